The minimum absolute atomic E-state index is 0.105. The zero-order valence-electron chi connectivity index (χ0n) is 9.58. The number of nitrogens with zero attached hydrogens (tertiary/aromatic N) is 1. The number of alkyl halides is 1. The average molecular weight is 276 g/mol. The minimum atomic E-state index is -0.105. The fraction of sp³-hybridized carbons (Fsp3) is 1.00. The lowest BCUT2D eigenvalue weighted by Gasteiger charge is -2.47. The van der Waals surface area contributed by atoms with Gasteiger partial charge in [-0.2, -0.15) is 0 Å². The van der Waals surface area contributed by atoms with Gasteiger partial charge >= 0.3 is 0 Å². The van der Waals surface area contributed by atoms with Crippen molar-refractivity contribution in [3.63, 3.8) is 0 Å². The van der Waals surface area contributed by atoms with Gasteiger partial charge in [0.05, 0.1) is 6.10 Å². The van der Waals surface area contributed by atoms with E-state index < -0.39 is 0 Å². The third-order valence-electron chi connectivity index (χ3n) is 4.31. The normalized spacial score (nSPS) is 36.2. The van der Waals surface area contributed by atoms with Crippen molar-refractivity contribution in [1.82, 2.24) is 4.90 Å². The van der Waals surface area contributed by atoms with Crippen molar-refractivity contribution in [2.24, 2.45) is 5.41 Å². The molecule has 0 aromatic carbocycles. The molecule has 1 heterocycles. The molecule has 0 spiro atoms. The Morgan fingerprint density at radius 3 is 2.67 bits per heavy atom. The molecule has 2 fully saturated rings. The molecule has 2 nitrogen and oxygen atoms in total. The molecule has 1 aliphatic heterocycles. The summed E-state index contributed by atoms with van der Waals surface area (Å²) in [4.78, 5) is 2.49. The van der Waals surface area contributed by atoms with Crippen LogP contribution in [-0.2, 0) is 0 Å². The number of aliphatic hydroxyl groups excluding tert-OH is 1. The molecule has 88 valence electrons. The lowest BCUT2D eigenvalue weighted by molar-refractivity contribution is -0.0151. The van der Waals surface area contributed by atoms with Gasteiger partial charge in [0.2, 0.25) is 0 Å². The van der Waals surface area contributed by atoms with Crippen molar-refractivity contribution < 1.29 is 5.11 Å². The van der Waals surface area contributed by atoms with Gasteiger partial charge < -0.3 is 5.11 Å². The maximum atomic E-state index is 9.85. The van der Waals surface area contributed by atoms with Crippen LogP contribution in [0.2, 0.25) is 0 Å². The highest BCUT2D eigenvalue weighted by atomic mass is 79.9. The third kappa shape index (κ3) is 2.40. The highest BCUT2D eigenvalue weighted by Crippen LogP contribution is 2.43. The van der Waals surface area contributed by atoms with Crippen LogP contribution in [0.5, 0.6) is 0 Å². The van der Waals surface area contributed by atoms with Crippen LogP contribution >= 0.6 is 15.9 Å². The lowest BCUT2D eigenvalue weighted by atomic mass is 9.69. The second kappa shape index (κ2) is 4.72. The Balaban J connectivity index is 1.92. The predicted molar refractivity (Wildman–Crippen MR) is 66.4 cm³/mol. The molecule has 2 unspecified atom stereocenters. The van der Waals surface area contributed by atoms with Gasteiger partial charge in [0.15, 0.2) is 0 Å². The van der Waals surface area contributed by atoms with Gasteiger partial charge in [0, 0.05) is 17.9 Å². The molecule has 0 bridgehead atoms. The Morgan fingerprint density at radius 1 is 1.40 bits per heavy atom. The van der Waals surface area contributed by atoms with Crippen LogP contribution in [0.15, 0.2) is 0 Å². The highest BCUT2D eigenvalue weighted by Gasteiger charge is 2.39. The fourth-order valence-electron chi connectivity index (χ4n) is 2.86. The van der Waals surface area contributed by atoms with Crippen molar-refractivity contribution >= 4 is 15.9 Å². The highest BCUT2D eigenvalue weighted by molar-refractivity contribution is 9.09. The number of hydrogen-bond donors (Lipinski definition) is 1. The van der Waals surface area contributed by atoms with Gasteiger partial charge in [0.1, 0.15) is 0 Å². The van der Waals surface area contributed by atoms with Gasteiger partial charge in [-0.25, -0.2) is 0 Å². The summed E-state index contributed by atoms with van der Waals surface area (Å²) in [6.07, 6.45) is 6.14. The number of halogens is 1. The van der Waals surface area contributed by atoms with Crippen LogP contribution in [0.4, 0.5) is 0 Å². The van der Waals surface area contributed by atoms with Crippen LogP contribution in [0.1, 0.15) is 39.0 Å². The van der Waals surface area contributed by atoms with E-state index in [1.165, 1.54) is 32.4 Å². The van der Waals surface area contributed by atoms with E-state index in [2.05, 4.69) is 27.8 Å². The Bertz CT molecular complexity index is 212. The van der Waals surface area contributed by atoms with Crippen molar-refractivity contribution in [2.75, 3.05) is 18.4 Å². The number of piperidine rings is 1. The average Bonchev–Trinajstić information content (AvgIpc) is 2.18. The molecule has 1 saturated heterocycles. The van der Waals surface area contributed by atoms with Crippen LogP contribution in [0.3, 0.4) is 0 Å². The van der Waals surface area contributed by atoms with E-state index in [9.17, 15) is 5.11 Å². The first-order chi connectivity index (χ1) is 7.17. The Morgan fingerprint density at radius 2 is 2.13 bits per heavy atom. The minimum Gasteiger partial charge on any atom is -0.392 e. The first-order valence-electron chi connectivity index (χ1n) is 6.15. The van der Waals surface area contributed by atoms with Gasteiger partial charge in [-0.15, -0.1) is 0 Å². The second-order valence-electron chi connectivity index (χ2n) is 5.41. The van der Waals surface area contributed by atoms with E-state index in [0.717, 1.165) is 18.2 Å². The van der Waals surface area contributed by atoms with E-state index in [0.29, 0.717) is 11.5 Å². The Labute approximate surface area is 101 Å². The van der Waals surface area contributed by atoms with E-state index in [1.54, 1.807) is 0 Å². The lowest BCUT2D eigenvalue weighted by Crippen LogP contribution is -2.52. The van der Waals surface area contributed by atoms with Crippen LogP contribution in [0.25, 0.3) is 0 Å². The summed E-state index contributed by atoms with van der Waals surface area (Å²) in [6, 6.07) is 0.357. The van der Waals surface area contributed by atoms with E-state index in [-0.39, 0.29) is 6.10 Å². The van der Waals surface area contributed by atoms with Crippen LogP contribution < -0.4 is 0 Å². The molecule has 1 N–H and O–H groups in total. The molecule has 0 amide bonds. The summed E-state index contributed by atoms with van der Waals surface area (Å²) in [5.41, 5.74) is 0.519. The summed E-state index contributed by atoms with van der Waals surface area (Å²) >= 11 is 3.66. The Hall–Kier alpha value is 0.400. The topological polar surface area (TPSA) is 23.5 Å². The molecule has 1 saturated carbocycles. The van der Waals surface area contributed by atoms with Crippen molar-refractivity contribution in [3.8, 4) is 0 Å². The second-order valence-corrected chi connectivity index (χ2v) is 5.97. The molecule has 1 aliphatic carbocycles. The number of likely N-dealkylation sites (tertiary alicyclic amines) is 1. The molecular weight excluding hydrogens is 254 g/mol. The quantitative estimate of drug-likeness (QED) is 0.800. The van der Waals surface area contributed by atoms with Gasteiger partial charge in [0.25, 0.3) is 0 Å². The van der Waals surface area contributed by atoms with Gasteiger partial charge in [-0.1, -0.05) is 22.4 Å². The summed E-state index contributed by atoms with van der Waals surface area (Å²) in [6.45, 7) is 4.52. The SMILES string of the molecule is CC1C(O)CCCN1CC1(CBr)CCC1. The third-order valence-corrected chi connectivity index (χ3v) is 5.50. The van der Waals surface area contributed by atoms with Gasteiger partial charge in [-0.3, -0.25) is 4.90 Å². The molecule has 3 heteroatoms. The monoisotopic (exact) mass is 275 g/mol. The number of hydrogen-bond acceptors (Lipinski definition) is 2. The molecular formula is C12H22BrNO. The summed E-state index contributed by atoms with van der Waals surface area (Å²) < 4.78 is 0. The maximum Gasteiger partial charge on any atom is 0.0693 e. The molecule has 2 rings (SSSR count). The number of aliphatic hydroxyl groups is 1. The smallest absolute Gasteiger partial charge is 0.0693 e. The molecule has 0 aromatic heterocycles. The van der Waals surface area contributed by atoms with Crippen molar-refractivity contribution in [3.05, 3.63) is 0 Å². The largest absolute Gasteiger partial charge is 0.392 e. The van der Waals surface area contributed by atoms with E-state index in [1.807, 2.05) is 0 Å². The van der Waals surface area contributed by atoms with Crippen molar-refractivity contribution in [1.29, 1.82) is 0 Å². The molecule has 2 atom stereocenters. The first-order valence-corrected chi connectivity index (χ1v) is 7.27. The van der Waals surface area contributed by atoms with Crippen LogP contribution in [0, 0.1) is 5.41 Å². The zero-order chi connectivity index (χ0) is 10.9. The predicted octanol–water partition coefficient (Wildman–Crippen LogP) is 2.40. The number of rotatable bonds is 3. The summed E-state index contributed by atoms with van der Waals surface area (Å²) in [7, 11) is 0. The fourth-order valence-corrected chi connectivity index (χ4v) is 3.59. The summed E-state index contributed by atoms with van der Waals surface area (Å²) in [5, 5.41) is 11.0. The Kier molecular flexibility index (Phi) is 3.74. The van der Waals surface area contributed by atoms with Crippen molar-refractivity contribution in [2.45, 2.75) is 51.2 Å². The van der Waals surface area contributed by atoms with E-state index in [4.69, 9.17) is 0 Å². The molecule has 2 aliphatic rings. The molecule has 0 radical (unpaired) electrons. The summed E-state index contributed by atoms with van der Waals surface area (Å²) in [5.74, 6) is 0. The standard InChI is InChI=1S/C12H22BrNO/c1-10-11(15)4-2-7-14(10)9-12(8-13)5-3-6-12/h10-11,15H,2-9H2,1H3. The molecule has 15 heavy (non-hydrogen) atoms. The van der Waals surface area contributed by atoms with Crippen LogP contribution in [-0.4, -0.2) is 40.6 Å². The van der Waals surface area contributed by atoms with E-state index >= 15 is 0 Å². The van der Waals surface area contributed by atoms with Gasteiger partial charge in [-0.05, 0) is 44.6 Å². The maximum absolute atomic E-state index is 9.85. The molecule has 0 aromatic rings. The zero-order valence-corrected chi connectivity index (χ0v) is 11.2. The first kappa shape index (κ1) is 11.9.